The standard InChI is InChI=1S/C29H28ClFN4O2/c1-18(2)27(33-28(36)21-7-6-8-22(30)15-21)29(37)34-32-16-25-19(3)35(26-10-5-4-9-24(25)26)17-20-11-13-23(31)14-12-20/h4-16,18,27H,17H2,1-3H3,(H,33,36)(H,34,37). The van der Waals surface area contributed by atoms with Crippen molar-refractivity contribution in [2.45, 2.75) is 33.4 Å². The van der Waals surface area contributed by atoms with Gasteiger partial charge in [0, 0.05) is 39.3 Å². The van der Waals surface area contributed by atoms with E-state index < -0.39 is 11.9 Å². The number of amides is 2. The summed E-state index contributed by atoms with van der Waals surface area (Å²) in [5, 5.41) is 8.42. The SMILES string of the molecule is Cc1c(C=NNC(=O)C(NC(=O)c2cccc(Cl)c2)C(C)C)c2ccccc2n1Cc1ccc(F)cc1. The molecule has 190 valence electrons. The van der Waals surface area contributed by atoms with Gasteiger partial charge < -0.3 is 9.88 Å². The molecule has 0 saturated carbocycles. The molecule has 1 aromatic heterocycles. The normalized spacial score (nSPS) is 12.3. The van der Waals surface area contributed by atoms with Crippen molar-refractivity contribution >= 4 is 40.5 Å². The molecule has 0 bridgehead atoms. The van der Waals surface area contributed by atoms with Gasteiger partial charge in [0.2, 0.25) is 0 Å². The van der Waals surface area contributed by atoms with E-state index in [9.17, 15) is 14.0 Å². The highest BCUT2D eigenvalue weighted by atomic mass is 35.5. The minimum Gasteiger partial charge on any atom is -0.340 e. The van der Waals surface area contributed by atoms with Crippen molar-refractivity contribution in [1.29, 1.82) is 0 Å². The molecule has 0 saturated heterocycles. The van der Waals surface area contributed by atoms with Gasteiger partial charge in [-0.05, 0) is 54.8 Å². The molecule has 2 N–H and O–H groups in total. The van der Waals surface area contributed by atoms with Crippen molar-refractivity contribution in [3.63, 3.8) is 0 Å². The number of halogens is 2. The number of fused-ring (bicyclic) bond motifs is 1. The highest BCUT2D eigenvalue weighted by Crippen LogP contribution is 2.25. The first kappa shape index (κ1) is 26.1. The summed E-state index contributed by atoms with van der Waals surface area (Å²) in [5.41, 5.74) is 6.75. The van der Waals surface area contributed by atoms with Crippen molar-refractivity contribution in [1.82, 2.24) is 15.3 Å². The van der Waals surface area contributed by atoms with Crippen LogP contribution in [0.15, 0.2) is 77.9 Å². The van der Waals surface area contributed by atoms with E-state index in [-0.39, 0.29) is 17.6 Å². The van der Waals surface area contributed by atoms with Crippen molar-refractivity contribution in [2.75, 3.05) is 0 Å². The van der Waals surface area contributed by atoms with Crippen LogP contribution in [0.4, 0.5) is 4.39 Å². The maximum atomic E-state index is 13.4. The Labute approximate surface area is 220 Å². The van der Waals surface area contributed by atoms with E-state index in [1.165, 1.54) is 12.1 Å². The van der Waals surface area contributed by atoms with Crippen LogP contribution < -0.4 is 10.7 Å². The third-order valence-electron chi connectivity index (χ3n) is 6.22. The minimum atomic E-state index is -0.787. The third kappa shape index (κ3) is 6.06. The number of nitrogens with zero attached hydrogens (tertiary/aromatic N) is 2. The molecule has 4 rings (SSSR count). The van der Waals surface area contributed by atoms with Crippen LogP contribution in [0.5, 0.6) is 0 Å². The Morgan fingerprint density at radius 2 is 1.78 bits per heavy atom. The number of carbonyl (C=O) groups excluding carboxylic acids is 2. The highest BCUT2D eigenvalue weighted by Gasteiger charge is 2.24. The molecular formula is C29H28ClFN4O2. The number of para-hydroxylation sites is 1. The van der Waals surface area contributed by atoms with Gasteiger partial charge in [0.25, 0.3) is 11.8 Å². The van der Waals surface area contributed by atoms with Crippen molar-refractivity contribution in [2.24, 2.45) is 11.0 Å². The summed E-state index contributed by atoms with van der Waals surface area (Å²) in [5.74, 6) is -1.25. The number of rotatable bonds is 8. The van der Waals surface area contributed by atoms with E-state index in [4.69, 9.17) is 11.6 Å². The van der Waals surface area contributed by atoms with E-state index in [0.29, 0.717) is 17.1 Å². The highest BCUT2D eigenvalue weighted by molar-refractivity contribution is 6.31. The number of benzene rings is 3. The Hall–Kier alpha value is -3.97. The van der Waals surface area contributed by atoms with Gasteiger partial charge in [-0.1, -0.05) is 61.8 Å². The second-order valence-corrected chi connectivity index (χ2v) is 9.61. The van der Waals surface area contributed by atoms with Crippen LogP contribution in [0.3, 0.4) is 0 Å². The third-order valence-corrected chi connectivity index (χ3v) is 6.46. The second kappa shape index (κ2) is 11.4. The number of aromatic nitrogens is 1. The zero-order chi connectivity index (χ0) is 26.5. The van der Waals surface area contributed by atoms with Crippen LogP contribution in [0, 0.1) is 18.7 Å². The predicted molar refractivity (Wildman–Crippen MR) is 145 cm³/mol. The molecule has 0 spiro atoms. The first-order valence-electron chi connectivity index (χ1n) is 12.0. The van der Waals surface area contributed by atoms with Gasteiger partial charge in [0.05, 0.1) is 6.21 Å². The largest absolute Gasteiger partial charge is 0.340 e. The Morgan fingerprint density at radius 1 is 1.05 bits per heavy atom. The average molecular weight is 519 g/mol. The molecule has 0 fully saturated rings. The average Bonchev–Trinajstić information content (AvgIpc) is 3.14. The quantitative estimate of drug-likeness (QED) is 0.232. The molecule has 3 aromatic carbocycles. The molecule has 6 nitrogen and oxygen atoms in total. The number of hydrazone groups is 1. The topological polar surface area (TPSA) is 75.5 Å². The fourth-order valence-corrected chi connectivity index (χ4v) is 4.41. The fraction of sp³-hybridized carbons (Fsp3) is 0.207. The lowest BCUT2D eigenvalue weighted by atomic mass is 10.0. The van der Waals surface area contributed by atoms with Crippen LogP contribution in [0.1, 0.15) is 41.0 Å². The zero-order valence-electron chi connectivity index (χ0n) is 20.8. The van der Waals surface area contributed by atoms with E-state index in [2.05, 4.69) is 20.4 Å². The summed E-state index contributed by atoms with van der Waals surface area (Å²) in [7, 11) is 0. The van der Waals surface area contributed by atoms with Gasteiger partial charge in [-0.15, -0.1) is 0 Å². The summed E-state index contributed by atoms with van der Waals surface area (Å²) in [4.78, 5) is 25.6. The summed E-state index contributed by atoms with van der Waals surface area (Å²) in [6, 6.07) is 20.1. The van der Waals surface area contributed by atoms with Crippen LogP contribution in [-0.2, 0) is 11.3 Å². The number of carbonyl (C=O) groups is 2. The van der Waals surface area contributed by atoms with E-state index >= 15 is 0 Å². The lowest BCUT2D eigenvalue weighted by Crippen LogP contribution is -2.48. The summed E-state index contributed by atoms with van der Waals surface area (Å²) in [6.07, 6.45) is 1.62. The molecule has 0 radical (unpaired) electrons. The number of nitrogens with one attached hydrogen (secondary N) is 2. The van der Waals surface area contributed by atoms with E-state index in [1.54, 1.807) is 42.6 Å². The van der Waals surface area contributed by atoms with Gasteiger partial charge in [-0.2, -0.15) is 5.10 Å². The van der Waals surface area contributed by atoms with E-state index in [1.807, 2.05) is 45.0 Å². The summed E-state index contributed by atoms with van der Waals surface area (Å²) in [6.45, 7) is 6.24. The molecule has 0 aliphatic carbocycles. The van der Waals surface area contributed by atoms with Crippen molar-refractivity contribution in [3.05, 3.63) is 106 Å². The van der Waals surface area contributed by atoms with Crippen molar-refractivity contribution < 1.29 is 14.0 Å². The van der Waals surface area contributed by atoms with Crippen LogP contribution in [-0.4, -0.2) is 28.6 Å². The maximum absolute atomic E-state index is 13.4. The van der Waals surface area contributed by atoms with Crippen molar-refractivity contribution in [3.8, 4) is 0 Å². The fourth-order valence-electron chi connectivity index (χ4n) is 4.22. The van der Waals surface area contributed by atoms with Gasteiger partial charge >= 0.3 is 0 Å². The Bertz CT molecular complexity index is 1460. The molecule has 37 heavy (non-hydrogen) atoms. The van der Waals surface area contributed by atoms with Crippen LogP contribution in [0.25, 0.3) is 10.9 Å². The lowest BCUT2D eigenvalue weighted by Gasteiger charge is -2.20. The van der Waals surface area contributed by atoms with Gasteiger partial charge in [0.1, 0.15) is 11.9 Å². The summed E-state index contributed by atoms with van der Waals surface area (Å²) < 4.78 is 15.5. The monoisotopic (exact) mass is 518 g/mol. The Balaban J connectivity index is 1.52. The summed E-state index contributed by atoms with van der Waals surface area (Å²) >= 11 is 5.99. The maximum Gasteiger partial charge on any atom is 0.262 e. The van der Waals surface area contributed by atoms with Gasteiger partial charge in [-0.25, -0.2) is 9.82 Å². The van der Waals surface area contributed by atoms with Gasteiger partial charge in [-0.3, -0.25) is 9.59 Å². The first-order chi connectivity index (χ1) is 17.7. The Morgan fingerprint density at radius 3 is 2.49 bits per heavy atom. The van der Waals surface area contributed by atoms with E-state index in [0.717, 1.165) is 27.7 Å². The van der Waals surface area contributed by atoms with Crippen LogP contribution >= 0.6 is 11.6 Å². The molecule has 1 heterocycles. The number of hydrogen-bond donors (Lipinski definition) is 2. The van der Waals surface area contributed by atoms with Crippen LogP contribution in [0.2, 0.25) is 5.02 Å². The second-order valence-electron chi connectivity index (χ2n) is 9.17. The predicted octanol–water partition coefficient (Wildman–Crippen LogP) is 5.70. The zero-order valence-corrected chi connectivity index (χ0v) is 21.6. The molecule has 4 aromatic rings. The minimum absolute atomic E-state index is 0.169. The smallest absolute Gasteiger partial charge is 0.262 e. The molecule has 1 atom stereocenters. The molecule has 8 heteroatoms. The molecule has 0 aliphatic rings. The Kier molecular flexibility index (Phi) is 8.04. The lowest BCUT2D eigenvalue weighted by molar-refractivity contribution is -0.123. The molecule has 0 aliphatic heterocycles. The molecular weight excluding hydrogens is 491 g/mol. The van der Waals surface area contributed by atoms with Gasteiger partial charge in [0.15, 0.2) is 0 Å². The molecule has 2 amide bonds. The number of hydrogen-bond acceptors (Lipinski definition) is 3. The first-order valence-corrected chi connectivity index (χ1v) is 12.3. The molecule has 1 unspecified atom stereocenters.